The summed E-state index contributed by atoms with van der Waals surface area (Å²) in [4.78, 5) is 0.599. The van der Waals surface area contributed by atoms with Crippen LogP contribution in [0.25, 0.3) is 0 Å². The zero-order valence-electron chi connectivity index (χ0n) is 21.7. The molecule has 204 valence electrons. The van der Waals surface area contributed by atoms with Crippen LogP contribution in [0.1, 0.15) is 49.7 Å². The first-order chi connectivity index (χ1) is 17.7. The molecular formula is C27H38N2O6S2. The molecule has 10 heteroatoms. The second-order valence-electron chi connectivity index (χ2n) is 10.0. The van der Waals surface area contributed by atoms with Gasteiger partial charge in [-0.1, -0.05) is 48.2 Å². The monoisotopic (exact) mass is 550 g/mol. The number of benzene rings is 2. The summed E-state index contributed by atoms with van der Waals surface area (Å²) in [7, 11) is -7.20. The van der Waals surface area contributed by atoms with Gasteiger partial charge in [0.1, 0.15) is 6.79 Å². The molecule has 0 saturated carbocycles. The van der Waals surface area contributed by atoms with Crippen molar-refractivity contribution < 1.29 is 26.3 Å². The maximum atomic E-state index is 13.2. The zero-order chi connectivity index (χ0) is 26.5. The average molecular weight is 551 g/mol. The lowest BCUT2D eigenvalue weighted by atomic mass is 10.1. The minimum atomic E-state index is -3.60. The Bertz CT molecular complexity index is 1130. The summed E-state index contributed by atoms with van der Waals surface area (Å²) >= 11 is 0. The predicted octanol–water partition coefficient (Wildman–Crippen LogP) is 4.08. The number of piperidine rings is 2. The van der Waals surface area contributed by atoms with Gasteiger partial charge in [0.25, 0.3) is 0 Å². The van der Waals surface area contributed by atoms with Crippen molar-refractivity contribution in [3.63, 3.8) is 0 Å². The van der Waals surface area contributed by atoms with E-state index in [4.69, 9.17) is 9.47 Å². The molecule has 8 nitrogen and oxygen atoms in total. The Morgan fingerprint density at radius 3 is 1.41 bits per heavy atom. The number of nitrogens with zero attached hydrogens (tertiary/aromatic N) is 2. The van der Waals surface area contributed by atoms with Crippen molar-refractivity contribution in [2.75, 3.05) is 33.1 Å². The molecule has 0 aliphatic carbocycles. The molecule has 2 aliphatic heterocycles. The first-order valence-corrected chi connectivity index (χ1v) is 15.9. The van der Waals surface area contributed by atoms with Crippen molar-refractivity contribution in [1.29, 1.82) is 0 Å². The minimum Gasteiger partial charge on any atom is -0.354 e. The molecule has 0 amide bonds. The number of hydrogen-bond donors (Lipinski definition) is 0. The third-order valence-corrected chi connectivity index (χ3v) is 11.1. The molecule has 2 heterocycles. The van der Waals surface area contributed by atoms with Crippen LogP contribution in [0.3, 0.4) is 0 Å². The summed E-state index contributed by atoms with van der Waals surface area (Å²) in [5.41, 5.74) is 2.02. The van der Waals surface area contributed by atoms with Gasteiger partial charge in [-0.05, 0) is 63.8 Å². The Morgan fingerprint density at radius 1 is 0.649 bits per heavy atom. The number of ether oxygens (including phenoxy) is 2. The van der Waals surface area contributed by atoms with E-state index in [0.717, 1.165) is 49.7 Å². The van der Waals surface area contributed by atoms with E-state index in [-0.39, 0.29) is 32.1 Å². The van der Waals surface area contributed by atoms with Gasteiger partial charge in [-0.2, -0.15) is 8.61 Å². The highest BCUT2D eigenvalue weighted by Gasteiger charge is 2.35. The van der Waals surface area contributed by atoms with Crippen LogP contribution in [-0.2, 0) is 29.5 Å². The number of rotatable bonds is 10. The van der Waals surface area contributed by atoms with Crippen LogP contribution in [0.2, 0.25) is 0 Å². The highest BCUT2D eigenvalue weighted by atomic mass is 32.2. The van der Waals surface area contributed by atoms with Gasteiger partial charge in [0, 0.05) is 25.2 Å². The maximum Gasteiger partial charge on any atom is 0.243 e. The first-order valence-electron chi connectivity index (χ1n) is 13.0. The largest absolute Gasteiger partial charge is 0.354 e. The molecule has 37 heavy (non-hydrogen) atoms. The van der Waals surface area contributed by atoms with Gasteiger partial charge in [0.15, 0.2) is 0 Å². The third kappa shape index (κ3) is 6.79. The van der Waals surface area contributed by atoms with E-state index in [9.17, 15) is 16.8 Å². The van der Waals surface area contributed by atoms with E-state index in [1.807, 2.05) is 38.1 Å². The van der Waals surface area contributed by atoms with Gasteiger partial charge in [0.2, 0.25) is 20.0 Å². The fourth-order valence-electron chi connectivity index (χ4n) is 5.03. The smallest absolute Gasteiger partial charge is 0.243 e. The molecular weight excluding hydrogens is 512 g/mol. The van der Waals surface area contributed by atoms with Crippen LogP contribution >= 0.6 is 0 Å². The topological polar surface area (TPSA) is 93.2 Å². The van der Waals surface area contributed by atoms with Gasteiger partial charge in [-0.25, -0.2) is 16.8 Å². The van der Waals surface area contributed by atoms with Crippen molar-refractivity contribution in [1.82, 2.24) is 8.61 Å². The Morgan fingerprint density at radius 2 is 1.03 bits per heavy atom. The number of sulfonamides is 2. The van der Waals surface area contributed by atoms with Crippen LogP contribution in [0.4, 0.5) is 0 Å². The van der Waals surface area contributed by atoms with Gasteiger partial charge in [0.05, 0.1) is 23.0 Å². The standard InChI is InChI=1S/C27H38N2O6S2/c1-22-9-13-26(14-10-22)36(30,31)28-17-5-3-7-24(28)19-34-21-35-20-25-8-4-6-18-29(25)37(32,33)27-15-11-23(2)12-16-27/h9-16,24-25H,3-8,17-21H2,1-2H3/t24-,25-/m0/s1. The summed E-state index contributed by atoms with van der Waals surface area (Å²) in [5.74, 6) is 0. The maximum absolute atomic E-state index is 13.2. The van der Waals surface area contributed by atoms with Crippen molar-refractivity contribution in [3.05, 3.63) is 59.7 Å². The van der Waals surface area contributed by atoms with E-state index in [0.29, 0.717) is 22.9 Å². The molecule has 0 unspecified atom stereocenters. The first kappa shape index (κ1) is 28.2. The van der Waals surface area contributed by atoms with E-state index < -0.39 is 20.0 Å². The molecule has 2 aromatic rings. The molecule has 2 aliphatic rings. The third-order valence-electron chi connectivity index (χ3n) is 7.19. The van der Waals surface area contributed by atoms with Crippen LogP contribution < -0.4 is 0 Å². The molecule has 0 radical (unpaired) electrons. The molecule has 0 N–H and O–H groups in total. The lowest BCUT2D eigenvalue weighted by Gasteiger charge is -2.35. The van der Waals surface area contributed by atoms with Gasteiger partial charge in [-0.15, -0.1) is 0 Å². The van der Waals surface area contributed by atoms with E-state index in [1.165, 1.54) is 0 Å². The summed E-state index contributed by atoms with van der Waals surface area (Å²) in [5, 5.41) is 0. The summed E-state index contributed by atoms with van der Waals surface area (Å²) in [6.45, 7) is 5.26. The quantitative estimate of drug-likeness (QED) is 0.327. The molecule has 4 rings (SSSR count). The van der Waals surface area contributed by atoms with E-state index in [2.05, 4.69) is 0 Å². The lowest BCUT2D eigenvalue weighted by Crippen LogP contribution is -2.46. The van der Waals surface area contributed by atoms with Crippen molar-refractivity contribution in [2.45, 2.75) is 74.2 Å². The van der Waals surface area contributed by atoms with Crippen LogP contribution in [0.15, 0.2) is 58.3 Å². The average Bonchev–Trinajstić information content (AvgIpc) is 2.89. The van der Waals surface area contributed by atoms with E-state index in [1.54, 1.807) is 32.9 Å². The number of aryl methyl sites for hydroxylation is 2. The van der Waals surface area contributed by atoms with Crippen LogP contribution in [-0.4, -0.2) is 70.6 Å². The van der Waals surface area contributed by atoms with Crippen molar-refractivity contribution in [3.8, 4) is 0 Å². The molecule has 2 fully saturated rings. The second-order valence-corrected chi connectivity index (χ2v) is 13.8. The lowest BCUT2D eigenvalue weighted by molar-refractivity contribution is -0.0791. The van der Waals surface area contributed by atoms with Gasteiger partial charge >= 0.3 is 0 Å². The summed E-state index contributed by atoms with van der Waals surface area (Å²) in [6.07, 6.45) is 5.01. The fraction of sp³-hybridized carbons (Fsp3) is 0.556. The van der Waals surface area contributed by atoms with Crippen molar-refractivity contribution >= 4 is 20.0 Å². The molecule has 2 aromatic carbocycles. The van der Waals surface area contributed by atoms with E-state index >= 15 is 0 Å². The highest BCUT2D eigenvalue weighted by Crippen LogP contribution is 2.27. The Hall–Kier alpha value is -1.82. The molecule has 0 spiro atoms. The second kappa shape index (κ2) is 12.4. The SMILES string of the molecule is Cc1ccc(S(=O)(=O)N2CCCC[C@H]2COCOC[C@@H]2CCCCN2S(=O)(=O)c2ccc(C)cc2)cc1. The van der Waals surface area contributed by atoms with Gasteiger partial charge in [-0.3, -0.25) is 0 Å². The number of hydrogen-bond acceptors (Lipinski definition) is 6. The molecule has 2 atom stereocenters. The van der Waals surface area contributed by atoms with Crippen molar-refractivity contribution in [2.24, 2.45) is 0 Å². The summed E-state index contributed by atoms with van der Waals surface area (Å²) < 4.78 is 67.6. The fourth-order valence-corrected chi connectivity index (χ4v) is 8.39. The van der Waals surface area contributed by atoms with Gasteiger partial charge < -0.3 is 9.47 Å². The molecule has 0 aromatic heterocycles. The van der Waals surface area contributed by atoms with Crippen LogP contribution in [0.5, 0.6) is 0 Å². The summed E-state index contributed by atoms with van der Waals surface area (Å²) in [6, 6.07) is 13.3. The van der Waals surface area contributed by atoms with Crippen LogP contribution in [0, 0.1) is 13.8 Å². The Kier molecular flexibility index (Phi) is 9.42. The molecule has 2 saturated heterocycles. The highest BCUT2D eigenvalue weighted by molar-refractivity contribution is 7.89. The predicted molar refractivity (Wildman–Crippen MR) is 142 cm³/mol. The Balaban J connectivity index is 1.31. The Labute approximate surface area is 221 Å². The zero-order valence-corrected chi connectivity index (χ0v) is 23.3. The minimum absolute atomic E-state index is 0.0101. The molecule has 0 bridgehead atoms. The normalized spacial score (nSPS) is 22.2.